The summed E-state index contributed by atoms with van der Waals surface area (Å²) in [5.41, 5.74) is 0.850. The van der Waals surface area contributed by atoms with Crippen LogP contribution < -0.4 is 5.32 Å². The molecule has 1 heterocycles. The second kappa shape index (κ2) is 5.97. The molecule has 1 rings (SSSR count). The minimum absolute atomic E-state index is 0.0403. The molecule has 0 saturated carbocycles. The van der Waals surface area contributed by atoms with Gasteiger partial charge in [0.05, 0.1) is 11.7 Å². The lowest BCUT2D eigenvalue weighted by atomic mass is 10.1. The zero-order valence-corrected chi connectivity index (χ0v) is 11.7. The van der Waals surface area contributed by atoms with E-state index in [1.165, 1.54) is 11.3 Å². The Hall–Kier alpha value is -1.40. The third-order valence-corrected chi connectivity index (χ3v) is 3.52. The van der Waals surface area contributed by atoms with Crippen LogP contribution in [-0.4, -0.2) is 29.7 Å². The summed E-state index contributed by atoms with van der Waals surface area (Å²) in [6.45, 7) is 7.14. The average Bonchev–Trinajstić information content (AvgIpc) is 2.51. The maximum Gasteiger partial charge on any atom is 0.338 e. The number of hydrogen-bond acceptors (Lipinski definition) is 4. The molecule has 100 valence electrons. The Balaban J connectivity index is 2.81. The van der Waals surface area contributed by atoms with Gasteiger partial charge in [0.2, 0.25) is 0 Å². The summed E-state index contributed by atoms with van der Waals surface area (Å²) in [5, 5.41) is 12.1. The summed E-state index contributed by atoms with van der Waals surface area (Å²) in [6, 6.07) is 0. The van der Waals surface area contributed by atoms with Crippen molar-refractivity contribution in [1.29, 1.82) is 0 Å². The van der Waals surface area contributed by atoms with E-state index in [1.54, 1.807) is 6.92 Å². The van der Waals surface area contributed by atoms with Crippen LogP contribution in [0.4, 0.5) is 5.00 Å². The van der Waals surface area contributed by atoms with Crippen LogP contribution in [0.1, 0.15) is 34.6 Å². The van der Waals surface area contributed by atoms with Crippen LogP contribution in [0, 0.1) is 13.8 Å². The van der Waals surface area contributed by atoms with Gasteiger partial charge >= 0.3 is 5.97 Å². The van der Waals surface area contributed by atoms with Crippen LogP contribution in [-0.2, 0) is 9.53 Å². The molecule has 18 heavy (non-hydrogen) atoms. The third-order valence-electron chi connectivity index (χ3n) is 2.40. The second-order valence-corrected chi connectivity index (χ2v) is 5.43. The van der Waals surface area contributed by atoms with Gasteiger partial charge in [-0.2, -0.15) is 0 Å². The molecule has 0 spiro atoms. The first-order valence-corrected chi connectivity index (χ1v) is 6.39. The quantitative estimate of drug-likeness (QED) is 0.862. The maximum atomic E-state index is 11.6. The van der Waals surface area contributed by atoms with Crippen LogP contribution in [0.3, 0.4) is 0 Å². The second-order valence-electron chi connectivity index (χ2n) is 4.20. The number of ether oxygens (including phenoxy) is 1. The van der Waals surface area contributed by atoms with Crippen molar-refractivity contribution in [2.45, 2.75) is 33.8 Å². The highest BCUT2D eigenvalue weighted by Gasteiger charge is 2.20. The predicted molar refractivity (Wildman–Crippen MR) is 70.5 cm³/mol. The van der Waals surface area contributed by atoms with Gasteiger partial charge in [0, 0.05) is 4.88 Å². The van der Waals surface area contributed by atoms with Crippen molar-refractivity contribution < 1.29 is 19.4 Å². The number of thiophene rings is 1. The molecule has 0 aliphatic rings. The molecule has 6 heteroatoms. The number of carbonyl (C=O) groups excluding carboxylic acids is 1. The van der Waals surface area contributed by atoms with Gasteiger partial charge in [-0.1, -0.05) is 0 Å². The number of aryl methyl sites for hydroxylation is 1. The van der Waals surface area contributed by atoms with Crippen molar-refractivity contribution in [2.75, 3.05) is 11.9 Å². The van der Waals surface area contributed by atoms with E-state index in [0.29, 0.717) is 10.6 Å². The molecule has 0 unspecified atom stereocenters. The number of carbonyl (C=O) groups is 2. The molecule has 0 aliphatic carbocycles. The first-order chi connectivity index (χ1) is 8.32. The Kier molecular flexibility index (Phi) is 4.86. The van der Waals surface area contributed by atoms with E-state index in [1.807, 2.05) is 20.8 Å². The molecule has 0 bridgehead atoms. The van der Waals surface area contributed by atoms with E-state index < -0.39 is 5.97 Å². The molecule has 2 N–H and O–H groups in total. The topological polar surface area (TPSA) is 75.6 Å². The Morgan fingerprint density at radius 1 is 1.39 bits per heavy atom. The van der Waals surface area contributed by atoms with E-state index in [0.717, 1.165) is 4.88 Å². The number of anilines is 1. The number of aromatic carboxylic acids is 1. The van der Waals surface area contributed by atoms with Crippen molar-refractivity contribution in [3.8, 4) is 0 Å². The molecule has 0 radical (unpaired) electrons. The van der Waals surface area contributed by atoms with Crippen molar-refractivity contribution in [3.63, 3.8) is 0 Å². The van der Waals surface area contributed by atoms with E-state index in [2.05, 4.69) is 5.32 Å². The lowest BCUT2D eigenvalue weighted by Crippen LogP contribution is -2.21. The number of hydrogen-bond donors (Lipinski definition) is 2. The lowest BCUT2D eigenvalue weighted by Gasteiger charge is -2.07. The monoisotopic (exact) mass is 271 g/mol. The normalized spacial score (nSPS) is 10.7. The molecule has 0 aliphatic heterocycles. The molecular weight excluding hydrogens is 254 g/mol. The smallest absolute Gasteiger partial charge is 0.338 e. The van der Waals surface area contributed by atoms with E-state index in [9.17, 15) is 9.59 Å². The zero-order chi connectivity index (χ0) is 13.9. The first-order valence-electron chi connectivity index (χ1n) is 5.57. The van der Waals surface area contributed by atoms with Gasteiger partial charge < -0.3 is 15.2 Å². The van der Waals surface area contributed by atoms with Crippen LogP contribution in [0.5, 0.6) is 0 Å². The third kappa shape index (κ3) is 3.54. The van der Waals surface area contributed by atoms with Crippen LogP contribution >= 0.6 is 11.3 Å². The molecule has 0 saturated heterocycles. The number of rotatable bonds is 5. The molecule has 5 nitrogen and oxygen atoms in total. The zero-order valence-electron chi connectivity index (χ0n) is 10.9. The molecule has 0 atom stereocenters. The summed E-state index contributed by atoms with van der Waals surface area (Å²) < 4.78 is 5.16. The molecular formula is C12H17NO4S. The van der Waals surface area contributed by atoms with Gasteiger partial charge in [0.15, 0.2) is 0 Å². The fourth-order valence-electron chi connectivity index (χ4n) is 1.38. The Morgan fingerprint density at radius 2 is 2.00 bits per heavy atom. The van der Waals surface area contributed by atoms with Crippen molar-refractivity contribution >= 4 is 28.2 Å². The Bertz CT molecular complexity index is 465. The summed E-state index contributed by atoms with van der Waals surface area (Å²) in [5.74, 6) is -1.37. The van der Waals surface area contributed by atoms with Gasteiger partial charge in [-0.3, -0.25) is 4.79 Å². The van der Waals surface area contributed by atoms with Gasteiger partial charge in [-0.25, -0.2) is 4.79 Å². The average molecular weight is 271 g/mol. The molecule has 1 amide bonds. The molecule has 1 aromatic heterocycles. The fraction of sp³-hybridized carbons (Fsp3) is 0.500. The number of carboxylic acids is 1. The van der Waals surface area contributed by atoms with E-state index in [-0.39, 0.29) is 24.2 Å². The summed E-state index contributed by atoms with van der Waals surface area (Å²) in [4.78, 5) is 23.6. The summed E-state index contributed by atoms with van der Waals surface area (Å²) in [6.07, 6.45) is -0.0403. The lowest BCUT2D eigenvalue weighted by molar-refractivity contribution is -0.121. The minimum Gasteiger partial charge on any atom is -0.478 e. The largest absolute Gasteiger partial charge is 0.478 e. The summed E-state index contributed by atoms with van der Waals surface area (Å²) in [7, 11) is 0. The molecule has 0 fully saturated rings. The SMILES string of the molecule is Cc1sc(NC(=O)COC(C)C)c(C(=O)O)c1C. The highest BCUT2D eigenvalue weighted by Crippen LogP contribution is 2.32. The van der Waals surface area contributed by atoms with Gasteiger partial charge in [0.1, 0.15) is 11.6 Å². The van der Waals surface area contributed by atoms with Crippen molar-refractivity contribution in [3.05, 3.63) is 16.0 Å². The maximum absolute atomic E-state index is 11.6. The summed E-state index contributed by atoms with van der Waals surface area (Å²) >= 11 is 1.26. The minimum atomic E-state index is -1.03. The molecule has 0 aromatic carbocycles. The standard InChI is InChI=1S/C12H17NO4S/c1-6(2)17-5-9(14)13-11-10(12(15)16)7(3)8(4)18-11/h6H,5H2,1-4H3,(H,13,14)(H,15,16). The van der Waals surface area contributed by atoms with E-state index >= 15 is 0 Å². The van der Waals surface area contributed by atoms with E-state index in [4.69, 9.17) is 9.84 Å². The van der Waals surface area contributed by atoms with Crippen molar-refractivity contribution in [1.82, 2.24) is 0 Å². The number of nitrogens with one attached hydrogen (secondary N) is 1. The number of carboxylic acid groups (broad SMARTS) is 1. The Morgan fingerprint density at radius 3 is 2.50 bits per heavy atom. The fourth-order valence-corrected chi connectivity index (χ4v) is 2.45. The Labute approximate surface area is 110 Å². The van der Waals surface area contributed by atoms with Gasteiger partial charge in [-0.05, 0) is 33.3 Å². The van der Waals surface area contributed by atoms with Gasteiger partial charge in [-0.15, -0.1) is 11.3 Å². The highest BCUT2D eigenvalue weighted by atomic mass is 32.1. The predicted octanol–water partition coefficient (Wildman–Crippen LogP) is 2.43. The van der Waals surface area contributed by atoms with Crippen LogP contribution in [0.25, 0.3) is 0 Å². The van der Waals surface area contributed by atoms with Crippen molar-refractivity contribution in [2.24, 2.45) is 0 Å². The van der Waals surface area contributed by atoms with Crippen LogP contribution in [0.2, 0.25) is 0 Å². The first kappa shape index (κ1) is 14.7. The van der Waals surface area contributed by atoms with Gasteiger partial charge in [0.25, 0.3) is 5.91 Å². The highest BCUT2D eigenvalue weighted by molar-refractivity contribution is 7.16. The number of amides is 1. The molecule has 1 aromatic rings. The van der Waals surface area contributed by atoms with Crippen LogP contribution in [0.15, 0.2) is 0 Å².